The van der Waals surface area contributed by atoms with Crippen molar-refractivity contribution in [3.63, 3.8) is 0 Å². The van der Waals surface area contributed by atoms with Crippen LogP contribution in [0.5, 0.6) is 0 Å². The predicted molar refractivity (Wildman–Crippen MR) is 63.7 cm³/mol. The molecule has 0 saturated carbocycles. The standard InChI is InChI=1S/C9H19O10P/c1-8(14,9(2,18-3)7(12)13)6(11)5(10)4-19-20(15,16)17/h5-6,10-11,14H,4H2,1-3H3,(H,12,13)(H2,15,16,17). The molecule has 0 amide bonds. The van der Waals surface area contributed by atoms with E-state index in [0.29, 0.717) is 0 Å². The molecule has 0 fully saturated rings. The monoisotopic (exact) mass is 318 g/mol. The van der Waals surface area contributed by atoms with Gasteiger partial charge in [-0.05, 0) is 13.8 Å². The summed E-state index contributed by atoms with van der Waals surface area (Å²) in [5.74, 6) is -1.60. The van der Waals surface area contributed by atoms with Gasteiger partial charge in [-0.3, -0.25) is 4.52 Å². The molecule has 0 rings (SSSR count). The SMILES string of the molecule is COC(C)(C(=O)O)C(C)(O)C(O)C(O)COP(=O)(O)O. The first-order valence-corrected chi connectivity index (χ1v) is 6.89. The maximum Gasteiger partial charge on any atom is 0.469 e. The number of methoxy groups -OCH3 is 1. The molecule has 0 spiro atoms. The van der Waals surface area contributed by atoms with Crippen molar-refractivity contribution in [3.8, 4) is 0 Å². The number of carboxylic acid groups (broad SMARTS) is 1. The molecule has 0 aliphatic rings. The number of hydrogen-bond acceptors (Lipinski definition) is 7. The van der Waals surface area contributed by atoms with Crippen molar-refractivity contribution in [2.45, 2.75) is 37.3 Å². The summed E-state index contributed by atoms with van der Waals surface area (Å²) in [5.41, 5.74) is -4.74. The largest absolute Gasteiger partial charge is 0.479 e. The molecule has 6 N–H and O–H groups in total. The number of rotatable bonds is 8. The number of carboxylic acids is 1. The summed E-state index contributed by atoms with van der Waals surface area (Å²) in [6.45, 7) is 0.853. The highest BCUT2D eigenvalue weighted by molar-refractivity contribution is 7.46. The lowest BCUT2D eigenvalue weighted by atomic mass is 9.79. The molecular formula is C9H19O10P. The number of ether oxygens (including phenoxy) is 1. The van der Waals surface area contributed by atoms with E-state index >= 15 is 0 Å². The molecule has 4 unspecified atom stereocenters. The summed E-state index contributed by atoms with van der Waals surface area (Å²) in [4.78, 5) is 28.0. The fourth-order valence-electron chi connectivity index (χ4n) is 1.43. The summed E-state index contributed by atoms with van der Waals surface area (Å²) in [7, 11) is -3.90. The summed E-state index contributed by atoms with van der Waals surface area (Å²) >= 11 is 0. The summed E-state index contributed by atoms with van der Waals surface area (Å²) in [6, 6.07) is 0. The molecule has 0 aliphatic carbocycles. The molecule has 0 saturated heterocycles. The normalized spacial score (nSPS) is 21.6. The lowest BCUT2D eigenvalue weighted by molar-refractivity contribution is -0.229. The zero-order chi connectivity index (χ0) is 16.4. The van der Waals surface area contributed by atoms with Gasteiger partial charge in [0.05, 0.1) is 6.61 Å². The van der Waals surface area contributed by atoms with E-state index in [-0.39, 0.29) is 0 Å². The van der Waals surface area contributed by atoms with Crippen LogP contribution in [-0.4, -0.2) is 73.3 Å². The molecule has 120 valence electrons. The van der Waals surface area contributed by atoms with E-state index in [9.17, 15) is 24.7 Å². The van der Waals surface area contributed by atoms with E-state index in [0.717, 1.165) is 21.0 Å². The fourth-order valence-corrected chi connectivity index (χ4v) is 1.78. The van der Waals surface area contributed by atoms with Crippen molar-refractivity contribution < 1.29 is 48.8 Å². The minimum absolute atomic E-state index is 0.899. The molecule has 0 heterocycles. The van der Waals surface area contributed by atoms with Crippen LogP contribution in [0, 0.1) is 0 Å². The molecule has 0 aromatic heterocycles. The maximum absolute atomic E-state index is 11.1. The van der Waals surface area contributed by atoms with Crippen LogP contribution in [0.2, 0.25) is 0 Å². The third-order valence-electron chi connectivity index (χ3n) is 3.14. The first-order valence-electron chi connectivity index (χ1n) is 5.36. The lowest BCUT2D eigenvalue weighted by Crippen LogP contribution is -2.65. The quantitative estimate of drug-likeness (QED) is 0.276. The first-order chi connectivity index (χ1) is 8.79. The average molecular weight is 318 g/mol. The van der Waals surface area contributed by atoms with Crippen LogP contribution in [0.1, 0.15) is 13.8 Å². The molecule has 10 nitrogen and oxygen atoms in total. The van der Waals surface area contributed by atoms with Gasteiger partial charge in [0, 0.05) is 7.11 Å². The fraction of sp³-hybridized carbons (Fsp3) is 0.889. The molecular weight excluding hydrogens is 299 g/mol. The smallest absolute Gasteiger partial charge is 0.469 e. The Hall–Kier alpha value is -0.580. The van der Waals surface area contributed by atoms with Crippen molar-refractivity contribution in [2.75, 3.05) is 13.7 Å². The maximum atomic E-state index is 11.1. The lowest BCUT2D eigenvalue weighted by Gasteiger charge is -2.42. The minimum Gasteiger partial charge on any atom is -0.479 e. The number of phosphoric ester groups is 1. The van der Waals surface area contributed by atoms with E-state index in [4.69, 9.17) is 14.9 Å². The molecule has 11 heteroatoms. The number of aliphatic hydroxyl groups is 3. The van der Waals surface area contributed by atoms with Crippen molar-refractivity contribution in [3.05, 3.63) is 0 Å². The third kappa shape index (κ3) is 4.21. The van der Waals surface area contributed by atoms with Gasteiger partial charge in [-0.15, -0.1) is 0 Å². The van der Waals surface area contributed by atoms with Crippen LogP contribution in [0.25, 0.3) is 0 Å². The van der Waals surface area contributed by atoms with Gasteiger partial charge in [0.2, 0.25) is 0 Å². The Morgan fingerprint density at radius 2 is 1.75 bits per heavy atom. The van der Waals surface area contributed by atoms with E-state index in [2.05, 4.69) is 9.26 Å². The molecule has 20 heavy (non-hydrogen) atoms. The number of phosphoric acid groups is 1. The second-order valence-corrected chi connectivity index (χ2v) is 5.73. The van der Waals surface area contributed by atoms with Gasteiger partial charge in [0.15, 0.2) is 5.60 Å². The Morgan fingerprint density at radius 1 is 1.30 bits per heavy atom. The van der Waals surface area contributed by atoms with Crippen LogP contribution in [-0.2, 0) is 18.6 Å². The zero-order valence-corrected chi connectivity index (χ0v) is 12.0. The van der Waals surface area contributed by atoms with E-state index in [1.165, 1.54) is 0 Å². The molecule has 0 radical (unpaired) electrons. The van der Waals surface area contributed by atoms with Gasteiger partial charge in [-0.1, -0.05) is 0 Å². The predicted octanol–water partition coefficient (Wildman–Crippen LogP) is -1.94. The van der Waals surface area contributed by atoms with E-state index in [1.807, 2.05) is 0 Å². The van der Waals surface area contributed by atoms with Crippen molar-refractivity contribution in [1.82, 2.24) is 0 Å². The average Bonchev–Trinajstić information content (AvgIpc) is 2.32. The molecule has 0 aromatic rings. The highest BCUT2D eigenvalue weighted by Gasteiger charge is 2.56. The molecule has 0 bridgehead atoms. The van der Waals surface area contributed by atoms with Crippen molar-refractivity contribution in [2.24, 2.45) is 0 Å². The number of aliphatic hydroxyl groups excluding tert-OH is 2. The van der Waals surface area contributed by atoms with Gasteiger partial charge in [-0.25, -0.2) is 9.36 Å². The summed E-state index contributed by atoms with van der Waals surface area (Å²) < 4.78 is 19.1. The van der Waals surface area contributed by atoms with Crippen molar-refractivity contribution >= 4 is 13.8 Å². The van der Waals surface area contributed by atoms with E-state index < -0.39 is 43.8 Å². The van der Waals surface area contributed by atoms with Crippen LogP contribution < -0.4 is 0 Å². The van der Waals surface area contributed by atoms with Crippen LogP contribution in [0.15, 0.2) is 0 Å². The van der Waals surface area contributed by atoms with E-state index in [1.54, 1.807) is 0 Å². The summed E-state index contributed by atoms with van der Waals surface area (Å²) in [6.07, 6.45) is -4.05. The molecule has 0 aliphatic heterocycles. The Bertz CT molecular complexity index is 390. The first kappa shape index (κ1) is 19.4. The van der Waals surface area contributed by atoms with Gasteiger partial charge >= 0.3 is 13.8 Å². The van der Waals surface area contributed by atoms with Gasteiger partial charge in [0.1, 0.15) is 17.8 Å². The van der Waals surface area contributed by atoms with Crippen molar-refractivity contribution in [1.29, 1.82) is 0 Å². The topological polar surface area (TPSA) is 174 Å². The Balaban J connectivity index is 5.10. The highest BCUT2D eigenvalue weighted by atomic mass is 31.2. The number of carbonyl (C=O) groups is 1. The van der Waals surface area contributed by atoms with Crippen LogP contribution in [0.3, 0.4) is 0 Å². The van der Waals surface area contributed by atoms with Gasteiger partial charge in [-0.2, -0.15) is 0 Å². The van der Waals surface area contributed by atoms with Crippen LogP contribution >= 0.6 is 7.82 Å². The third-order valence-corrected chi connectivity index (χ3v) is 3.62. The van der Waals surface area contributed by atoms with Crippen LogP contribution in [0.4, 0.5) is 0 Å². The number of aliphatic carboxylic acids is 1. The zero-order valence-electron chi connectivity index (χ0n) is 11.1. The second-order valence-electron chi connectivity index (χ2n) is 4.49. The minimum atomic E-state index is -4.88. The Labute approximate surface area is 114 Å². The summed E-state index contributed by atoms with van der Waals surface area (Å²) in [5, 5.41) is 38.4. The highest BCUT2D eigenvalue weighted by Crippen LogP contribution is 2.37. The second kappa shape index (κ2) is 6.46. The molecule has 4 atom stereocenters. The Kier molecular flexibility index (Phi) is 6.27. The number of hydrogen-bond donors (Lipinski definition) is 6. The van der Waals surface area contributed by atoms with Gasteiger partial charge in [0.25, 0.3) is 0 Å². The molecule has 0 aromatic carbocycles. The van der Waals surface area contributed by atoms with Gasteiger partial charge < -0.3 is 34.9 Å². The Morgan fingerprint density at radius 3 is 2.05 bits per heavy atom.